The van der Waals surface area contributed by atoms with Crippen molar-refractivity contribution in [2.24, 2.45) is 0 Å². The molecule has 0 aliphatic rings. The minimum absolute atomic E-state index is 0.624. The van der Waals surface area contributed by atoms with Crippen molar-refractivity contribution in [2.75, 3.05) is 0 Å². The zero-order valence-corrected chi connectivity index (χ0v) is 31.9. The first kappa shape index (κ1) is 32.7. The molecule has 0 amide bonds. The van der Waals surface area contributed by atoms with Crippen LogP contribution in [0.5, 0.6) is 0 Å². The van der Waals surface area contributed by atoms with E-state index in [2.05, 4.69) is 170 Å². The lowest BCUT2D eigenvalue weighted by Gasteiger charge is -2.11. The number of aromatic nitrogens is 3. The predicted molar refractivity (Wildman–Crippen MR) is 242 cm³/mol. The number of furan rings is 1. The monoisotopic (exact) mass is 757 g/mol. The summed E-state index contributed by atoms with van der Waals surface area (Å²) in [4.78, 5) is 15.4. The van der Waals surface area contributed by atoms with Gasteiger partial charge in [0.25, 0.3) is 0 Å². The van der Waals surface area contributed by atoms with Crippen LogP contribution in [-0.2, 0) is 0 Å². The molecule has 0 saturated carbocycles. The molecule has 9 aromatic carbocycles. The highest BCUT2D eigenvalue weighted by Crippen LogP contribution is 2.42. The van der Waals surface area contributed by atoms with E-state index in [4.69, 9.17) is 19.4 Å². The van der Waals surface area contributed by atoms with Crippen LogP contribution in [0.2, 0.25) is 0 Å². The normalized spacial score (nSPS) is 11.8. The highest BCUT2D eigenvalue weighted by atomic mass is 32.1. The second kappa shape index (κ2) is 13.1. The van der Waals surface area contributed by atoms with Crippen molar-refractivity contribution in [3.8, 4) is 56.4 Å². The van der Waals surface area contributed by atoms with E-state index in [1.807, 2.05) is 18.2 Å². The van der Waals surface area contributed by atoms with Crippen LogP contribution < -0.4 is 0 Å². The van der Waals surface area contributed by atoms with Gasteiger partial charge in [0, 0.05) is 47.6 Å². The molecule has 0 N–H and O–H groups in total. The molecule has 5 heteroatoms. The van der Waals surface area contributed by atoms with Crippen molar-refractivity contribution in [1.29, 1.82) is 0 Å². The van der Waals surface area contributed by atoms with Gasteiger partial charge in [0.15, 0.2) is 17.5 Å². The van der Waals surface area contributed by atoms with Crippen LogP contribution >= 0.6 is 11.3 Å². The molecule has 0 bridgehead atoms. The molecule has 0 spiro atoms. The van der Waals surface area contributed by atoms with Crippen LogP contribution in [0.4, 0.5) is 0 Å². The summed E-state index contributed by atoms with van der Waals surface area (Å²) in [7, 11) is 0. The van der Waals surface area contributed by atoms with Crippen LogP contribution in [0.15, 0.2) is 192 Å². The summed E-state index contributed by atoms with van der Waals surface area (Å²) in [5.41, 5.74) is 9.04. The third-order valence-electron chi connectivity index (χ3n) is 11.3. The van der Waals surface area contributed by atoms with Gasteiger partial charge in [-0.3, -0.25) is 0 Å². The molecule has 0 radical (unpaired) electrons. The van der Waals surface area contributed by atoms with Crippen molar-refractivity contribution >= 4 is 75.0 Å². The average Bonchev–Trinajstić information content (AvgIpc) is 3.87. The Morgan fingerprint density at radius 3 is 1.93 bits per heavy atom. The van der Waals surface area contributed by atoms with Gasteiger partial charge in [-0.05, 0) is 86.3 Å². The maximum Gasteiger partial charge on any atom is 0.165 e. The first-order chi connectivity index (χ1) is 28.7. The van der Waals surface area contributed by atoms with Crippen molar-refractivity contribution in [3.05, 3.63) is 188 Å². The molecular formula is C53H31N3OS. The van der Waals surface area contributed by atoms with Crippen molar-refractivity contribution < 1.29 is 4.42 Å². The van der Waals surface area contributed by atoms with Crippen molar-refractivity contribution in [2.45, 2.75) is 0 Å². The van der Waals surface area contributed by atoms with Gasteiger partial charge in [-0.1, -0.05) is 146 Å². The highest BCUT2D eigenvalue weighted by Gasteiger charge is 2.19. The van der Waals surface area contributed by atoms with Crippen molar-refractivity contribution in [1.82, 2.24) is 15.0 Å². The largest absolute Gasteiger partial charge is 0.456 e. The van der Waals surface area contributed by atoms with Crippen LogP contribution in [0, 0.1) is 0 Å². The highest BCUT2D eigenvalue weighted by molar-refractivity contribution is 7.26. The summed E-state index contributed by atoms with van der Waals surface area (Å²) < 4.78 is 8.91. The Labute approximate surface area is 337 Å². The Morgan fingerprint density at radius 2 is 1.00 bits per heavy atom. The number of fused-ring (bicyclic) bond motifs is 9. The Hall–Kier alpha value is -7.47. The molecular weight excluding hydrogens is 727 g/mol. The summed E-state index contributed by atoms with van der Waals surface area (Å²) >= 11 is 1.78. The van der Waals surface area contributed by atoms with E-state index in [9.17, 15) is 0 Å². The lowest BCUT2D eigenvalue weighted by Crippen LogP contribution is -2.00. The second-order valence-corrected chi connectivity index (χ2v) is 15.8. The maximum absolute atomic E-state index is 6.49. The molecule has 12 aromatic rings. The predicted octanol–water partition coefficient (Wildman–Crippen LogP) is 14.8. The Bertz CT molecular complexity index is 3590. The van der Waals surface area contributed by atoms with Gasteiger partial charge in [-0.2, -0.15) is 0 Å². The van der Waals surface area contributed by atoms with Crippen LogP contribution in [0.1, 0.15) is 0 Å². The molecule has 0 fully saturated rings. The Kier molecular flexibility index (Phi) is 7.37. The zero-order chi connectivity index (χ0) is 38.2. The topological polar surface area (TPSA) is 51.8 Å². The summed E-state index contributed by atoms with van der Waals surface area (Å²) in [6.45, 7) is 0. The molecule has 4 nitrogen and oxygen atoms in total. The number of rotatable bonds is 5. The molecule has 3 heterocycles. The first-order valence-electron chi connectivity index (χ1n) is 19.4. The molecule has 0 aliphatic heterocycles. The molecule has 3 aromatic heterocycles. The summed E-state index contributed by atoms with van der Waals surface area (Å²) in [6.07, 6.45) is 0. The SMILES string of the molecule is c1ccc(-c2nc(-c3cccc(-c4cccc5oc6ccc(-c7ccc8c(ccc9ccccc98)c7)cc6c45)c3)nc(-c3cccc4c3sc3ccccc34)n2)cc1. The minimum Gasteiger partial charge on any atom is -0.456 e. The van der Waals surface area contributed by atoms with Gasteiger partial charge in [0.2, 0.25) is 0 Å². The molecule has 58 heavy (non-hydrogen) atoms. The zero-order valence-electron chi connectivity index (χ0n) is 31.1. The fraction of sp³-hybridized carbons (Fsp3) is 0. The number of thiophene rings is 1. The van der Waals surface area contributed by atoms with Gasteiger partial charge in [-0.15, -0.1) is 11.3 Å². The van der Waals surface area contributed by atoms with E-state index in [1.165, 1.54) is 47.3 Å². The van der Waals surface area contributed by atoms with Gasteiger partial charge in [0.1, 0.15) is 11.2 Å². The quantitative estimate of drug-likeness (QED) is 0.164. The average molecular weight is 758 g/mol. The van der Waals surface area contributed by atoms with Crippen LogP contribution in [-0.4, -0.2) is 15.0 Å². The molecule has 0 saturated heterocycles. The van der Waals surface area contributed by atoms with Gasteiger partial charge < -0.3 is 4.42 Å². The lowest BCUT2D eigenvalue weighted by atomic mass is 9.95. The molecule has 270 valence electrons. The van der Waals surface area contributed by atoms with Crippen LogP contribution in [0.25, 0.3) is 120 Å². The van der Waals surface area contributed by atoms with Gasteiger partial charge in [0.05, 0.1) is 0 Å². The number of hydrogen-bond acceptors (Lipinski definition) is 5. The fourth-order valence-corrected chi connectivity index (χ4v) is 9.74. The molecule has 0 unspecified atom stereocenters. The fourth-order valence-electron chi connectivity index (χ4n) is 8.53. The number of hydrogen-bond donors (Lipinski definition) is 0. The Morgan fingerprint density at radius 1 is 0.345 bits per heavy atom. The molecule has 0 aliphatic carbocycles. The number of nitrogens with zero attached hydrogens (tertiary/aromatic N) is 3. The summed E-state index contributed by atoms with van der Waals surface area (Å²) in [6, 6.07) is 66.3. The van der Waals surface area contributed by atoms with E-state index in [-0.39, 0.29) is 0 Å². The van der Waals surface area contributed by atoms with Gasteiger partial charge >= 0.3 is 0 Å². The van der Waals surface area contributed by atoms with E-state index in [0.717, 1.165) is 55.3 Å². The summed E-state index contributed by atoms with van der Waals surface area (Å²) in [5.74, 6) is 1.92. The van der Waals surface area contributed by atoms with E-state index >= 15 is 0 Å². The minimum atomic E-state index is 0.624. The molecule has 12 rings (SSSR count). The van der Waals surface area contributed by atoms with Crippen LogP contribution in [0.3, 0.4) is 0 Å². The molecule has 0 atom stereocenters. The number of benzene rings is 9. The van der Waals surface area contributed by atoms with E-state index in [0.29, 0.717) is 17.5 Å². The maximum atomic E-state index is 6.49. The smallest absolute Gasteiger partial charge is 0.165 e. The van der Waals surface area contributed by atoms with E-state index < -0.39 is 0 Å². The third-order valence-corrected chi connectivity index (χ3v) is 12.5. The summed E-state index contributed by atoms with van der Waals surface area (Å²) in [5, 5.41) is 9.63. The standard InChI is InChI=1S/C53H31N3OS/c1-2-12-33(13-3-1)51-54-52(56-53(55-51)44-20-9-19-43-42-17-6-7-22-48(42)58-50(43)44)38-15-8-14-36(30-38)41-18-10-21-47-49(41)45-31-35(26-28-46(45)57-47)34-25-27-40-37(29-34)24-23-32-11-4-5-16-39(32)40/h1-31H. The third kappa shape index (κ3) is 5.32. The van der Waals surface area contributed by atoms with Crippen molar-refractivity contribution in [3.63, 3.8) is 0 Å². The van der Waals surface area contributed by atoms with E-state index in [1.54, 1.807) is 11.3 Å². The lowest BCUT2D eigenvalue weighted by molar-refractivity contribution is 0.669. The second-order valence-electron chi connectivity index (χ2n) is 14.7. The first-order valence-corrected chi connectivity index (χ1v) is 20.2. The Balaban J connectivity index is 0.996. The van der Waals surface area contributed by atoms with Gasteiger partial charge in [-0.25, -0.2) is 15.0 Å².